The van der Waals surface area contributed by atoms with Gasteiger partial charge >= 0.3 is 5.97 Å². The Kier molecular flexibility index (Phi) is 8.09. The maximum absolute atomic E-state index is 14.1. The van der Waals surface area contributed by atoms with Crippen LogP contribution in [-0.2, 0) is 21.7 Å². The molecule has 5 rings (SSSR count). The van der Waals surface area contributed by atoms with E-state index in [-0.39, 0.29) is 34.3 Å². The number of nitrogens with zero attached hydrogens (tertiary/aromatic N) is 1. The van der Waals surface area contributed by atoms with Crippen molar-refractivity contribution < 1.29 is 27.9 Å². The number of aromatic nitrogens is 1. The van der Waals surface area contributed by atoms with Crippen molar-refractivity contribution in [3.8, 4) is 11.1 Å². The zero-order chi connectivity index (χ0) is 30.4. The molecule has 2 saturated carbocycles. The number of fused-ring (bicyclic) bond motifs is 1. The number of carbonyl (C=O) groups is 3. The van der Waals surface area contributed by atoms with Gasteiger partial charge in [0.05, 0.1) is 22.3 Å². The fourth-order valence-electron chi connectivity index (χ4n) is 6.50. The molecule has 2 N–H and O–H groups in total. The lowest BCUT2D eigenvalue weighted by atomic mass is 9.80. The highest BCUT2D eigenvalue weighted by Gasteiger charge is 2.37. The third-order valence-corrected chi connectivity index (χ3v) is 10.9. The summed E-state index contributed by atoms with van der Waals surface area (Å²) in [5.74, 6) is -1.82. The van der Waals surface area contributed by atoms with Gasteiger partial charge in [-0.2, -0.15) is 0 Å². The first kappa shape index (κ1) is 30.0. The van der Waals surface area contributed by atoms with Gasteiger partial charge in [0.1, 0.15) is 5.69 Å². The molecule has 0 unspecified atom stereocenters. The average Bonchev–Trinajstić information content (AvgIpc) is 3.24. The zero-order valence-corrected chi connectivity index (χ0v) is 25.6. The summed E-state index contributed by atoms with van der Waals surface area (Å²) >= 11 is 0. The van der Waals surface area contributed by atoms with E-state index >= 15 is 0 Å². The van der Waals surface area contributed by atoms with Crippen LogP contribution in [0.15, 0.2) is 47.4 Å². The predicted molar refractivity (Wildman–Crippen MR) is 162 cm³/mol. The van der Waals surface area contributed by atoms with Crippen LogP contribution in [0.1, 0.15) is 86.7 Å². The molecule has 1 amide bonds. The molecule has 0 aliphatic heterocycles. The second-order valence-corrected chi connectivity index (χ2v) is 15.2. The van der Waals surface area contributed by atoms with Gasteiger partial charge in [0.2, 0.25) is 0 Å². The largest absolute Gasteiger partial charge is 0.481 e. The first-order valence-corrected chi connectivity index (χ1v) is 16.4. The molecule has 0 atom stereocenters. The fraction of sp³-hybridized carbons (Fsp3) is 0.485. The van der Waals surface area contributed by atoms with Crippen molar-refractivity contribution in [2.75, 3.05) is 5.75 Å². The summed E-state index contributed by atoms with van der Waals surface area (Å²) in [7, 11) is -1.88. The van der Waals surface area contributed by atoms with E-state index in [1.807, 2.05) is 39.0 Å². The molecule has 2 aliphatic carbocycles. The first-order chi connectivity index (χ1) is 19.8. The molecular formula is C33H40N2O6S. The summed E-state index contributed by atoms with van der Waals surface area (Å²) in [5, 5.41) is 13.4. The van der Waals surface area contributed by atoms with Gasteiger partial charge in [0.15, 0.2) is 15.6 Å². The van der Waals surface area contributed by atoms with Crippen molar-refractivity contribution in [3.63, 3.8) is 0 Å². The third-order valence-electron chi connectivity index (χ3n) is 8.63. The average molecular weight is 593 g/mol. The summed E-state index contributed by atoms with van der Waals surface area (Å²) in [6, 6.07) is 12.2. The maximum Gasteiger partial charge on any atom is 0.306 e. The normalized spacial score (nSPS) is 19.8. The van der Waals surface area contributed by atoms with E-state index in [0.29, 0.717) is 46.1 Å². The molecule has 0 spiro atoms. The molecule has 2 aromatic carbocycles. The van der Waals surface area contributed by atoms with Gasteiger partial charge in [-0.15, -0.1) is 0 Å². The molecule has 0 saturated heterocycles. The summed E-state index contributed by atoms with van der Waals surface area (Å²) in [6.45, 7) is 5.69. The van der Waals surface area contributed by atoms with Crippen molar-refractivity contribution in [1.29, 1.82) is 0 Å². The molecular weight excluding hydrogens is 552 g/mol. The molecule has 0 radical (unpaired) electrons. The van der Waals surface area contributed by atoms with Crippen LogP contribution in [0.4, 0.5) is 0 Å². The zero-order valence-electron chi connectivity index (χ0n) is 24.8. The van der Waals surface area contributed by atoms with Gasteiger partial charge in [-0.3, -0.25) is 14.4 Å². The number of benzene rings is 2. The van der Waals surface area contributed by atoms with Crippen LogP contribution in [0, 0.1) is 17.3 Å². The van der Waals surface area contributed by atoms with Crippen LogP contribution in [0.2, 0.25) is 0 Å². The van der Waals surface area contributed by atoms with Crippen molar-refractivity contribution >= 4 is 38.3 Å². The van der Waals surface area contributed by atoms with E-state index in [9.17, 15) is 27.9 Å². The number of aliphatic carboxylic acids is 1. The molecule has 2 aliphatic rings. The number of nitrogens with one attached hydrogen (secondary N) is 1. The summed E-state index contributed by atoms with van der Waals surface area (Å²) in [5.41, 5.74) is 1.64. The number of hydrogen-bond donors (Lipinski definition) is 2. The summed E-state index contributed by atoms with van der Waals surface area (Å²) < 4.78 is 28.6. The van der Waals surface area contributed by atoms with Crippen LogP contribution in [-0.4, -0.2) is 47.5 Å². The topological polar surface area (TPSA) is 123 Å². The number of rotatable bonds is 8. The minimum absolute atomic E-state index is 0.00523. The lowest BCUT2D eigenvalue weighted by molar-refractivity contribution is -0.145. The molecule has 42 heavy (non-hydrogen) atoms. The minimum Gasteiger partial charge on any atom is -0.481 e. The Morgan fingerprint density at radius 1 is 0.929 bits per heavy atom. The number of carbonyl (C=O) groups excluding carboxylic acids is 2. The lowest BCUT2D eigenvalue weighted by Gasteiger charge is -2.32. The van der Waals surface area contributed by atoms with Crippen molar-refractivity contribution in [2.24, 2.45) is 24.3 Å². The SMILES string of the molecule is Cn1c(C(=O)NC2CC(C(=O)O)C2)cc(-c2ccc(S(=O)(=O)CC(C)(C)C)c3ccccc23)c1C(=O)C1CCCCC1. The number of ketones is 1. The van der Waals surface area contributed by atoms with Crippen LogP contribution in [0.25, 0.3) is 21.9 Å². The van der Waals surface area contributed by atoms with Gasteiger partial charge in [-0.25, -0.2) is 8.42 Å². The maximum atomic E-state index is 14.1. The summed E-state index contributed by atoms with van der Waals surface area (Å²) in [6.07, 6.45) is 5.43. The van der Waals surface area contributed by atoms with Crippen molar-refractivity contribution in [2.45, 2.75) is 76.7 Å². The van der Waals surface area contributed by atoms with Crippen LogP contribution in [0.3, 0.4) is 0 Å². The third kappa shape index (κ3) is 5.89. The Bertz CT molecular complexity index is 1650. The van der Waals surface area contributed by atoms with Gasteiger partial charge in [-0.1, -0.05) is 70.4 Å². The lowest BCUT2D eigenvalue weighted by Crippen LogP contribution is -2.47. The Balaban J connectivity index is 1.62. The molecule has 3 aromatic rings. The molecule has 1 heterocycles. The molecule has 224 valence electrons. The number of sulfone groups is 1. The molecule has 1 aromatic heterocycles. The monoisotopic (exact) mass is 592 g/mol. The van der Waals surface area contributed by atoms with Gasteiger partial charge in [0, 0.05) is 30.0 Å². The Morgan fingerprint density at radius 3 is 2.19 bits per heavy atom. The number of carboxylic acids is 1. The highest BCUT2D eigenvalue weighted by atomic mass is 32.2. The Labute approximate surface area is 247 Å². The number of Topliss-reactive ketones (excluding diaryl/α,β-unsaturated/α-hetero) is 1. The van der Waals surface area contributed by atoms with E-state index in [4.69, 9.17) is 0 Å². The number of carboxylic acid groups (broad SMARTS) is 1. The minimum atomic E-state index is -3.60. The number of hydrogen-bond acceptors (Lipinski definition) is 5. The molecule has 9 heteroatoms. The highest BCUT2D eigenvalue weighted by Crippen LogP contribution is 2.39. The first-order valence-electron chi connectivity index (χ1n) is 14.8. The van der Waals surface area contributed by atoms with E-state index in [1.165, 1.54) is 0 Å². The standard InChI is InChI=1S/C33H40N2O6S/c1-33(2,3)19-42(40,41)28-15-14-24(23-12-8-9-13-25(23)28)26-18-27(31(37)34-22-16-21(17-22)32(38)39)35(4)29(26)30(36)20-10-6-5-7-11-20/h8-9,12-15,18,20-22H,5-7,10-11,16-17,19H2,1-4H3,(H,34,37)(H,38,39). The van der Waals surface area contributed by atoms with Crippen molar-refractivity contribution in [1.82, 2.24) is 9.88 Å². The van der Waals surface area contributed by atoms with E-state index in [0.717, 1.165) is 32.1 Å². The van der Waals surface area contributed by atoms with Gasteiger partial charge < -0.3 is 15.0 Å². The summed E-state index contributed by atoms with van der Waals surface area (Å²) in [4.78, 5) is 39.0. The van der Waals surface area contributed by atoms with E-state index < -0.39 is 27.1 Å². The predicted octanol–water partition coefficient (Wildman–Crippen LogP) is 6.02. The van der Waals surface area contributed by atoms with Gasteiger partial charge in [0.25, 0.3) is 5.91 Å². The molecule has 0 bridgehead atoms. The smallest absolute Gasteiger partial charge is 0.306 e. The number of amides is 1. The van der Waals surface area contributed by atoms with E-state index in [2.05, 4.69) is 5.32 Å². The Hall–Kier alpha value is -3.46. The highest BCUT2D eigenvalue weighted by molar-refractivity contribution is 7.91. The molecule has 8 nitrogen and oxygen atoms in total. The van der Waals surface area contributed by atoms with Crippen LogP contribution >= 0.6 is 0 Å². The Morgan fingerprint density at radius 2 is 1.57 bits per heavy atom. The van der Waals surface area contributed by atoms with E-state index in [1.54, 1.807) is 35.9 Å². The molecule has 2 fully saturated rings. The second kappa shape index (κ2) is 11.3. The van der Waals surface area contributed by atoms with Crippen LogP contribution in [0.5, 0.6) is 0 Å². The van der Waals surface area contributed by atoms with Gasteiger partial charge in [-0.05, 0) is 54.2 Å². The van der Waals surface area contributed by atoms with Crippen LogP contribution < -0.4 is 5.32 Å². The second-order valence-electron chi connectivity index (χ2n) is 13.2. The fourth-order valence-corrected chi connectivity index (χ4v) is 8.59. The quantitative estimate of drug-likeness (QED) is 0.309. The van der Waals surface area contributed by atoms with Crippen molar-refractivity contribution in [3.05, 3.63) is 53.9 Å².